The lowest BCUT2D eigenvalue weighted by Gasteiger charge is -2.15. The average molecular weight is 929 g/mol. The fraction of sp³-hybridized carbons (Fsp3) is 0.709. The van der Waals surface area contributed by atoms with Crippen molar-refractivity contribution in [1.82, 2.24) is 0 Å². The van der Waals surface area contributed by atoms with Crippen LogP contribution in [-0.4, -0.2) is 68.2 Å². The van der Waals surface area contributed by atoms with E-state index in [1.165, 1.54) is 21.3 Å². The summed E-state index contributed by atoms with van der Waals surface area (Å²) in [5.74, 6) is 1.89. The minimum atomic E-state index is -0.204. The highest BCUT2D eigenvalue weighted by Gasteiger charge is 2.37. The van der Waals surface area contributed by atoms with E-state index in [4.69, 9.17) is 0 Å². The molecule has 0 radical (unpaired) electrons. The molecule has 4 rings (SSSR count). The van der Waals surface area contributed by atoms with Gasteiger partial charge < -0.3 is 19.0 Å². The Balaban J connectivity index is -0.000000790. The third-order valence-corrected chi connectivity index (χ3v) is 12.7. The monoisotopic (exact) mass is 929 g/mol. The van der Waals surface area contributed by atoms with E-state index in [1.54, 1.807) is 6.92 Å². The van der Waals surface area contributed by atoms with E-state index in [2.05, 4.69) is 90.5 Å². The van der Waals surface area contributed by atoms with Gasteiger partial charge in [-0.15, -0.1) is 0 Å². The molecule has 4 aliphatic carbocycles. The molecule has 0 saturated heterocycles. The summed E-state index contributed by atoms with van der Waals surface area (Å²) in [5.41, 5.74) is 0. The lowest BCUT2D eigenvalue weighted by molar-refractivity contribution is -0.143. The average Bonchev–Trinajstić information content (AvgIpc) is 4.01. The molecule has 2 unspecified atom stereocenters. The van der Waals surface area contributed by atoms with Gasteiger partial charge in [0, 0.05) is 75.0 Å². The maximum Gasteiger partial charge on any atom is 0.305 e. The predicted octanol–water partition coefficient (Wildman–Crippen LogP) is 12.3. The topological polar surface area (TPSA) is 164 Å². The standard InChI is InChI=1S/3C13H20O3.C13H20O2.3CH4/c3*1-3-4-5-6-11-10(7-8-12(11)14)9-13(15)16-2;1-3-4-5-6-12-11(9-10(2)14)7-8-13(12)15;;;/h3*4-5,10-11H,3,6-9H2,1-2H3;4-5,11-12H,3,6-9H2,1-2H3;3*1H4/b2*5-4+;2*5-4-;;;/t10-,11?;10-,11+;10-,11?;11-,12+;;;/m0000.../s1. The molecule has 4 saturated carbocycles. The number of methoxy groups -OCH3 is 3. The normalized spacial score (nSPS) is 24.4. The van der Waals surface area contributed by atoms with Crippen LogP contribution >= 0.6 is 0 Å². The minimum absolute atomic E-state index is 0. The number of hydrogen-bond donors (Lipinski definition) is 0. The van der Waals surface area contributed by atoms with Gasteiger partial charge in [-0.25, -0.2) is 0 Å². The Morgan fingerprint density at radius 2 is 0.621 bits per heavy atom. The van der Waals surface area contributed by atoms with Crippen molar-refractivity contribution in [1.29, 1.82) is 0 Å². The maximum atomic E-state index is 11.7. The molecule has 0 aromatic heterocycles. The first-order chi connectivity index (χ1) is 30.2. The second-order valence-corrected chi connectivity index (χ2v) is 17.2. The number of rotatable bonds is 20. The van der Waals surface area contributed by atoms with Gasteiger partial charge in [0.25, 0.3) is 0 Å². The van der Waals surface area contributed by atoms with Gasteiger partial charge in [-0.3, -0.25) is 33.6 Å². The molecule has 0 amide bonds. The van der Waals surface area contributed by atoms with E-state index < -0.39 is 0 Å². The molecule has 0 heterocycles. The van der Waals surface area contributed by atoms with Crippen LogP contribution in [0, 0.1) is 47.3 Å². The van der Waals surface area contributed by atoms with Gasteiger partial charge in [-0.05, 0) is 108 Å². The van der Waals surface area contributed by atoms with Crippen molar-refractivity contribution in [2.24, 2.45) is 47.3 Å². The quantitative estimate of drug-likeness (QED) is 0.0648. The van der Waals surface area contributed by atoms with Gasteiger partial charge in [0.2, 0.25) is 0 Å². The molecule has 66 heavy (non-hydrogen) atoms. The lowest BCUT2D eigenvalue weighted by atomic mass is 9.88. The molecule has 378 valence electrons. The molecule has 0 aromatic rings. The van der Waals surface area contributed by atoms with E-state index in [1.807, 2.05) is 0 Å². The molecule has 0 N–H and O–H groups in total. The molecule has 0 spiro atoms. The van der Waals surface area contributed by atoms with Crippen LogP contribution in [0.4, 0.5) is 0 Å². The molecule has 8 atom stereocenters. The van der Waals surface area contributed by atoms with Gasteiger partial charge in [0.15, 0.2) is 0 Å². The third-order valence-electron chi connectivity index (χ3n) is 12.7. The van der Waals surface area contributed by atoms with Crippen LogP contribution in [0.15, 0.2) is 48.6 Å². The van der Waals surface area contributed by atoms with Crippen molar-refractivity contribution in [3.63, 3.8) is 0 Å². The van der Waals surface area contributed by atoms with Crippen molar-refractivity contribution in [2.75, 3.05) is 21.3 Å². The van der Waals surface area contributed by atoms with Gasteiger partial charge in [0.05, 0.1) is 21.3 Å². The Morgan fingerprint density at radius 3 is 0.803 bits per heavy atom. The van der Waals surface area contributed by atoms with Gasteiger partial charge in [-0.1, -0.05) is 98.6 Å². The Bertz CT molecular complexity index is 1430. The van der Waals surface area contributed by atoms with Crippen molar-refractivity contribution >= 4 is 46.8 Å². The van der Waals surface area contributed by atoms with Crippen LogP contribution in [0.3, 0.4) is 0 Å². The second-order valence-electron chi connectivity index (χ2n) is 17.2. The molecule has 4 aliphatic rings. The number of esters is 3. The first-order valence-electron chi connectivity index (χ1n) is 23.6. The number of carbonyl (C=O) groups excluding carboxylic acids is 8. The van der Waals surface area contributed by atoms with Crippen LogP contribution < -0.4 is 0 Å². The molecule has 0 aromatic carbocycles. The largest absolute Gasteiger partial charge is 0.469 e. The van der Waals surface area contributed by atoms with Crippen LogP contribution in [0.1, 0.15) is 185 Å². The Morgan fingerprint density at radius 1 is 0.409 bits per heavy atom. The number of ketones is 5. The second kappa shape index (κ2) is 38.8. The van der Waals surface area contributed by atoms with Crippen molar-refractivity contribution < 1.29 is 52.6 Å². The van der Waals surface area contributed by atoms with Crippen molar-refractivity contribution in [3.8, 4) is 0 Å². The fourth-order valence-corrected chi connectivity index (χ4v) is 9.08. The smallest absolute Gasteiger partial charge is 0.305 e. The Labute approximate surface area is 400 Å². The molecule has 0 bridgehead atoms. The highest BCUT2D eigenvalue weighted by atomic mass is 16.5. The fourth-order valence-electron chi connectivity index (χ4n) is 9.08. The van der Waals surface area contributed by atoms with Gasteiger partial charge in [0.1, 0.15) is 28.9 Å². The van der Waals surface area contributed by atoms with Crippen LogP contribution in [0.2, 0.25) is 0 Å². The summed E-state index contributed by atoms with van der Waals surface area (Å²) < 4.78 is 14.0. The Kier molecular flexibility index (Phi) is 38.8. The number of allylic oxidation sites excluding steroid dienone is 8. The first-order valence-corrected chi connectivity index (χ1v) is 23.6. The summed E-state index contributed by atoms with van der Waals surface area (Å²) in [5, 5.41) is 0. The summed E-state index contributed by atoms with van der Waals surface area (Å²) in [6, 6.07) is 0. The van der Waals surface area contributed by atoms with E-state index in [9.17, 15) is 38.4 Å². The van der Waals surface area contributed by atoms with E-state index in [0.717, 1.165) is 77.0 Å². The summed E-state index contributed by atoms with van der Waals surface area (Å²) >= 11 is 0. The predicted molar refractivity (Wildman–Crippen MR) is 266 cm³/mol. The summed E-state index contributed by atoms with van der Waals surface area (Å²) in [6.45, 7) is 9.90. The molecule has 0 aliphatic heterocycles. The zero-order valence-electron chi connectivity index (χ0n) is 39.9. The maximum absolute atomic E-state index is 11.7. The van der Waals surface area contributed by atoms with E-state index in [0.29, 0.717) is 80.4 Å². The van der Waals surface area contributed by atoms with Crippen LogP contribution in [0.5, 0.6) is 0 Å². The summed E-state index contributed by atoms with van der Waals surface area (Å²) in [6.07, 6.45) is 31.3. The third kappa shape index (κ3) is 25.6. The van der Waals surface area contributed by atoms with E-state index in [-0.39, 0.29) is 87.4 Å². The first kappa shape index (κ1) is 66.0. The number of carbonyl (C=O) groups is 8. The van der Waals surface area contributed by atoms with Crippen LogP contribution in [-0.2, 0) is 52.6 Å². The molecule has 4 fully saturated rings. The number of Topliss-reactive ketones (excluding diaryl/α,β-unsaturated/α-hetero) is 5. The SMILES string of the molecule is C.C.C.CC/C=C/CC1C(=O)CC[C@H]1CC(=O)OC.CC/C=C/C[C@H]1C(=O)CC[C@H]1CC(=O)OC.CC/C=C\CC1C(=O)CC[C@H]1CC(=O)OC.CC/C=C\C[C@H]1C(=O)CC[C@H]1CC(C)=O. The zero-order valence-corrected chi connectivity index (χ0v) is 39.9. The number of ether oxygens (including phenoxy) is 3. The van der Waals surface area contributed by atoms with Gasteiger partial charge >= 0.3 is 17.9 Å². The molecular weight excluding hydrogens is 837 g/mol. The molecule has 11 nitrogen and oxygen atoms in total. The van der Waals surface area contributed by atoms with Crippen molar-refractivity contribution in [2.45, 2.75) is 185 Å². The number of hydrogen-bond acceptors (Lipinski definition) is 11. The molecule has 11 heteroatoms. The summed E-state index contributed by atoms with van der Waals surface area (Å²) in [4.78, 5) is 91.3. The van der Waals surface area contributed by atoms with Crippen LogP contribution in [0.25, 0.3) is 0 Å². The summed E-state index contributed by atoms with van der Waals surface area (Å²) in [7, 11) is 4.18. The Hall–Kier alpha value is -4.28. The molecular formula is C55H92O11. The van der Waals surface area contributed by atoms with E-state index >= 15 is 0 Å². The van der Waals surface area contributed by atoms with Crippen molar-refractivity contribution in [3.05, 3.63) is 48.6 Å². The minimum Gasteiger partial charge on any atom is -0.469 e. The van der Waals surface area contributed by atoms with Gasteiger partial charge in [-0.2, -0.15) is 0 Å². The zero-order chi connectivity index (χ0) is 47.2. The highest BCUT2D eigenvalue weighted by molar-refractivity contribution is 5.86. The highest BCUT2D eigenvalue weighted by Crippen LogP contribution is 2.37. The lowest BCUT2D eigenvalue weighted by Crippen LogP contribution is -2.18.